The Morgan fingerprint density at radius 1 is 1.28 bits per heavy atom. The van der Waals surface area contributed by atoms with Crippen molar-refractivity contribution >= 4 is 11.9 Å². The van der Waals surface area contributed by atoms with Crippen molar-refractivity contribution in [3.8, 4) is 0 Å². The predicted molar refractivity (Wildman–Crippen MR) is 94.5 cm³/mol. The summed E-state index contributed by atoms with van der Waals surface area (Å²) < 4.78 is 5.46. The Balaban J connectivity index is 2.03. The maximum atomic E-state index is 12.6. The number of carbonyl (C=O) groups is 2. The fourth-order valence-corrected chi connectivity index (χ4v) is 2.63. The molecule has 0 aliphatic carbocycles. The molecule has 134 valence electrons. The van der Waals surface area contributed by atoms with Gasteiger partial charge in [0.2, 0.25) is 5.91 Å². The zero-order valence-corrected chi connectivity index (χ0v) is 14.9. The molecular weight excluding hydrogens is 318 g/mol. The minimum absolute atomic E-state index is 0.00572. The zero-order chi connectivity index (χ0) is 18.2. The molecule has 25 heavy (non-hydrogen) atoms. The minimum atomic E-state index is -0.615. The van der Waals surface area contributed by atoms with E-state index in [1.54, 1.807) is 19.4 Å². The maximum Gasteiger partial charge on any atom is 0.329 e. The standard InChI is InChI=1S/C19H25N3O3/c1-4-14(2)18(19(24)25-13-15-8-6-5-7-9-15)22(3)17(23)12-16-20-10-11-21-16/h5-11,14,18H,4,12-13H2,1-3H3,(H,20,21). The number of likely N-dealkylation sites (N-methyl/N-ethyl adjacent to an activating group) is 1. The van der Waals surface area contributed by atoms with E-state index in [0.717, 1.165) is 12.0 Å². The van der Waals surface area contributed by atoms with Crippen molar-refractivity contribution < 1.29 is 14.3 Å². The third-order valence-electron chi connectivity index (χ3n) is 4.33. The average Bonchev–Trinajstić information content (AvgIpc) is 3.13. The first-order valence-electron chi connectivity index (χ1n) is 8.47. The Bertz CT molecular complexity index is 670. The number of benzene rings is 1. The molecule has 1 aromatic heterocycles. The molecule has 0 saturated heterocycles. The van der Waals surface area contributed by atoms with Gasteiger partial charge < -0.3 is 14.6 Å². The first-order valence-corrected chi connectivity index (χ1v) is 8.47. The van der Waals surface area contributed by atoms with Crippen LogP contribution in [0.4, 0.5) is 0 Å². The quantitative estimate of drug-likeness (QED) is 0.748. The molecule has 1 N–H and O–H groups in total. The van der Waals surface area contributed by atoms with Crippen LogP contribution in [0.1, 0.15) is 31.7 Å². The molecule has 0 aliphatic heterocycles. The van der Waals surface area contributed by atoms with Crippen LogP contribution in [0.15, 0.2) is 42.7 Å². The molecule has 1 amide bonds. The van der Waals surface area contributed by atoms with Gasteiger partial charge in [0.1, 0.15) is 18.5 Å². The van der Waals surface area contributed by atoms with Gasteiger partial charge >= 0.3 is 5.97 Å². The van der Waals surface area contributed by atoms with Gasteiger partial charge in [-0.05, 0) is 11.5 Å². The molecule has 6 heteroatoms. The van der Waals surface area contributed by atoms with E-state index in [0.29, 0.717) is 5.82 Å². The molecule has 2 aromatic rings. The lowest BCUT2D eigenvalue weighted by molar-refractivity contribution is -0.157. The number of carbonyl (C=O) groups excluding carboxylic acids is 2. The third kappa shape index (κ3) is 5.17. The van der Waals surface area contributed by atoms with Crippen LogP contribution < -0.4 is 0 Å². The molecule has 2 rings (SSSR count). The Kier molecular flexibility index (Phi) is 6.74. The number of nitrogens with zero attached hydrogens (tertiary/aromatic N) is 2. The van der Waals surface area contributed by atoms with Crippen LogP contribution in [-0.4, -0.2) is 39.8 Å². The fourth-order valence-electron chi connectivity index (χ4n) is 2.63. The summed E-state index contributed by atoms with van der Waals surface area (Å²) in [7, 11) is 1.64. The number of hydrogen-bond acceptors (Lipinski definition) is 4. The number of ether oxygens (including phenoxy) is 1. The highest BCUT2D eigenvalue weighted by Gasteiger charge is 2.32. The van der Waals surface area contributed by atoms with Crippen molar-refractivity contribution in [2.45, 2.75) is 39.3 Å². The van der Waals surface area contributed by atoms with E-state index in [1.807, 2.05) is 44.2 Å². The van der Waals surface area contributed by atoms with E-state index in [4.69, 9.17) is 4.74 Å². The van der Waals surface area contributed by atoms with Crippen molar-refractivity contribution in [3.05, 3.63) is 54.1 Å². The zero-order valence-electron chi connectivity index (χ0n) is 14.9. The molecule has 1 heterocycles. The summed E-state index contributed by atoms with van der Waals surface area (Å²) >= 11 is 0. The van der Waals surface area contributed by atoms with E-state index in [2.05, 4.69) is 9.97 Å². The molecular formula is C19H25N3O3. The summed E-state index contributed by atoms with van der Waals surface area (Å²) in [5.74, 6) is 0.0247. The largest absolute Gasteiger partial charge is 0.459 e. The lowest BCUT2D eigenvalue weighted by Gasteiger charge is -2.30. The fraction of sp³-hybridized carbons (Fsp3) is 0.421. The smallest absolute Gasteiger partial charge is 0.329 e. The second kappa shape index (κ2) is 9.01. The number of rotatable bonds is 8. The Morgan fingerprint density at radius 3 is 2.60 bits per heavy atom. The van der Waals surface area contributed by atoms with Gasteiger partial charge in [-0.1, -0.05) is 50.6 Å². The molecule has 2 atom stereocenters. The average molecular weight is 343 g/mol. The molecule has 0 fully saturated rings. The van der Waals surface area contributed by atoms with Crippen LogP contribution in [0, 0.1) is 5.92 Å². The van der Waals surface area contributed by atoms with E-state index in [9.17, 15) is 9.59 Å². The van der Waals surface area contributed by atoms with Crippen molar-refractivity contribution in [2.24, 2.45) is 5.92 Å². The number of amides is 1. The van der Waals surface area contributed by atoms with Gasteiger partial charge in [0.05, 0.1) is 6.42 Å². The summed E-state index contributed by atoms with van der Waals surface area (Å²) in [5.41, 5.74) is 0.920. The van der Waals surface area contributed by atoms with E-state index in [1.165, 1.54) is 4.90 Å². The predicted octanol–water partition coefficient (Wildman–Crippen LogP) is 2.57. The van der Waals surface area contributed by atoms with Crippen LogP contribution in [0.3, 0.4) is 0 Å². The first kappa shape index (κ1) is 18.7. The van der Waals surface area contributed by atoms with Crippen molar-refractivity contribution in [2.75, 3.05) is 7.05 Å². The van der Waals surface area contributed by atoms with Crippen LogP contribution in [-0.2, 0) is 27.4 Å². The van der Waals surface area contributed by atoms with E-state index < -0.39 is 6.04 Å². The monoisotopic (exact) mass is 343 g/mol. The van der Waals surface area contributed by atoms with Gasteiger partial charge in [-0.15, -0.1) is 0 Å². The topological polar surface area (TPSA) is 75.3 Å². The SMILES string of the molecule is CCC(C)C(C(=O)OCc1ccccc1)N(C)C(=O)Cc1ncc[nH]1. The number of esters is 1. The molecule has 0 saturated carbocycles. The van der Waals surface area contributed by atoms with E-state index >= 15 is 0 Å². The summed E-state index contributed by atoms with van der Waals surface area (Å²) in [6.07, 6.45) is 4.16. The number of nitrogens with one attached hydrogen (secondary N) is 1. The summed E-state index contributed by atoms with van der Waals surface area (Å²) in [4.78, 5) is 33.6. The van der Waals surface area contributed by atoms with Gasteiger partial charge in [-0.2, -0.15) is 0 Å². The molecule has 1 aromatic carbocycles. The van der Waals surface area contributed by atoms with Gasteiger partial charge in [-0.3, -0.25) is 4.79 Å². The Labute approximate surface area is 148 Å². The van der Waals surface area contributed by atoms with Crippen LogP contribution >= 0.6 is 0 Å². The first-order chi connectivity index (χ1) is 12.0. The lowest BCUT2D eigenvalue weighted by Crippen LogP contribution is -2.47. The highest BCUT2D eigenvalue weighted by Crippen LogP contribution is 2.17. The Morgan fingerprint density at radius 2 is 2.00 bits per heavy atom. The molecule has 6 nitrogen and oxygen atoms in total. The second-order valence-electron chi connectivity index (χ2n) is 6.14. The minimum Gasteiger partial charge on any atom is -0.459 e. The number of aromatic amines is 1. The van der Waals surface area contributed by atoms with Gasteiger partial charge in [0.15, 0.2) is 0 Å². The molecule has 0 spiro atoms. The summed E-state index contributed by atoms with van der Waals surface area (Å²) in [6, 6.07) is 8.89. The number of aromatic nitrogens is 2. The maximum absolute atomic E-state index is 12.6. The van der Waals surface area contributed by atoms with E-state index in [-0.39, 0.29) is 30.8 Å². The van der Waals surface area contributed by atoms with Crippen molar-refractivity contribution in [1.82, 2.24) is 14.9 Å². The molecule has 2 unspecified atom stereocenters. The summed E-state index contributed by atoms with van der Waals surface area (Å²) in [5, 5.41) is 0. The normalized spacial score (nSPS) is 13.1. The van der Waals surface area contributed by atoms with Crippen LogP contribution in [0.25, 0.3) is 0 Å². The summed E-state index contributed by atoms with van der Waals surface area (Å²) in [6.45, 7) is 4.14. The highest BCUT2D eigenvalue weighted by atomic mass is 16.5. The molecule has 0 aliphatic rings. The second-order valence-corrected chi connectivity index (χ2v) is 6.14. The van der Waals surface area contributed by atoms with Gasteiger partial charge in [0.25, 0.3) is 0 Å². The number of imidazole rings is 1. The lowest BCUT2D eigenvalue weighted by atomic mass is 9.97. The Hall–Kier alpha value is -2.63. The van der Waals surface area contributed by atoms with Gasteiger partial charge in [0, 0.05) is 19.4 Å². The van der Waals surface area contributed by atoms with Gasteiger partial charge in [-0.25, -0.2) is 9.78 Å². The number of H-pyrrole nitrogens is 1. The number of hydrogen-bond donors (Lipinski definition) is 1. The molecule has 0 bridgehead atoms. The molecule has 0 radical (unpaired) electrons. The highest BCUT2D eigenvalue weighted by molar-refractivity contribution is 5.85. The third-order valence-corrected chi connectivity index (χ3v) is 4.33. The van der Waals surface area contributed by atoms with Crippen molar-refractivity contribution in [3.63, 3.8) is 0 Å². The van der Waals surface area contributed by atoms with Crippen LogP contribution in [0.5, 0.6) is 0 Å². The van der Waals surface area contributed by atoms with Crippen LogP contribution in [0.2, 0.25) is 0 Å². The van der Waals surface area contributed by atoms with Crippen molar-refractivity contribution in [1.29, 1.82) is 0 Å².